The van der Waals surface area contributed by atoms with Crippen LogP contribution in [0.3, 0.4) is 0 Å². The van der Waals surface area contributed by atoms with Gasteiger partial charge in [-0.3, -0.25) is 0 Å². The van der Waals surface area contributed by atoms with Crippen LogP contribution in [0.1, 0.15) is 150 Å². The first-order chi connectivity index (χ1) is 23.9. The molecule has 0 spiro atoms. The van der Waals surface area contributed by atoms with Crippen molar-refractivity contribution in [3.63, 3.8) is 0 Å². The second kappa shape index (κ2) is 16.6. The van der Waals surface area contributed by atoms with Crippen molar-refractivity contribution >= 4 is 0 Å². The van der Waals surface area contributed by atoms with Crippen LogP contribution in [-0.4, -0.2) is 10.2 Å². The van der Waals surface area contributed by atoms with Gasteiger partial charge in [0.05, 0.1) is 0 Å². The molecular weight excluding hydrogens is 824 g/mol. The summed E-state index contributed by atoms with van der Waals surface area (Å²) in [6.07, 6.45) is 0. The standard InChI is InChI=1S/2C24H34O.2O.W/c2*1-14-11-18(19(12-15(14)2)23(5,6)7)21-20(24(8,9)10)13-16(3)17(4)22(21)25;;;/h2*11-13,25H,1-10H3;;;. The number of hydrogen-bond acceptors (Lipinski definition) is 4. The number of aromatic hydroxyl groups is 2. The first-order valence-electron chi connectivity index (χ1n) is 18.7. The van der Waals surface area contributed by atoms with E-state index in [9.17, 15) is 10.2 Å². The van der Waals surface area contributed by atoms with Crippen LogP contribution in [0.2, 0.25) is 0 Å². The molecule has 0 fully saturated rings. The summed E-state index contributed by atoms with van der Waals surface area (Å²) in [6.45, 7) is 43.6. The molecule has 0 saturated carbocycles. The van der Waals surface area contributed by atoms with E-state index in [-0.39, 0.29) is 21.7 Å². The predicted octanol–water partition coefficient (Wildman–Crippen LogP) is 13.5. The molecule has 4 aromatic carbocycles. The van der Waals surface area contributed by atoms with Crippen molar-refractivity contribution in [2.75, 3.05) is 0 Å². The van der Waals surface area contributed by atoms with Gasteiger partial charge in [0, 0.05) is 11.1 Å². The summed E-state index contributed by atoms with van der Waals surface area (Å²) in [5.41, 5.74) is 18.6. The van der Waals surface area contributed by atoms with Crippen LogP contribution in [0.15, 0.2) is 36.4 Å². The van der Waals surface area contributed by atoms with E-state index in [0.717, 1.165) is 33.4 Å². The number of aryl methyl sites for hydroxylation is 6. The summed E-state index contributed by atoms with van der Waals surface area (Å²) in [6, 6.07) is 13.6. The second-order valence-corrected chi connectivity index (χ2v) is 19.7. The summed E-state index contributed by atoms with van der Waals surface area (Å²) >= 11 is -2.25. The molecule has 4 aromatic rings. The van der Waals surface area contributed by atoms with E-state index in [1.165, 1.54) is 55.6 Å². The third-order valence-electron chi connectivity index (χ3n) is 10.7. The fraction of sp³-hybridized carbons (Fsp3) is 0.500. The molecule has 0 heterocycles. The Kier molecular flexibility index (Phi) is 14.4. The molecule has 0 radical (unpaired) electrons. The Labute approximate surface area is 331 Å². The Morgan fingerprint density at radius 1 is 0.377 bits per heavy atom. The first kappa shape index (κ1) is 45.9. The average molecular weight is 893 g/mol. The molecule has 0 aliphatic rings. The molecule has 2 N–H and O–H groups in total. The molecule has 290 valence electrons. The third kappa shape index (κ3) is 10.5. The number of rotatable bonds is 2. The van der Waals surface area contributed by atoms with E-state index >= 15 is 0 Å². The van der Waals surface area contributed by atoms with Gasteiger partial charge in [0.15, 0.2) is 0 Å². The van der Waals surface area contributed by atoms with E-state index < -0.39 is 18.5 Å². The van der Waals surface area contributed by atoms with Gasteiger partial charge in [-0.05, 0) is 155 Å². The zero-order valence-electron chi connectivity index (χ0n) is 36.6. The Morgan fingerprint density at radius 3 is 0.811 bits per heavy atom. The maximum absolute atomic E-state index is 11.1. The SMILES string of the molecule is Cc1cc(-c2c(C(C)(C)C)cc(C)c(C)c2O)c(C(C)(C)C)cc1C.Cc1cc(-c2c(C(C)(C)C)cc(C)c(C)c2O)c(C(C)(C)C)cc1C.[O]=[W]=[O]. The minimum absolute atomic E-state index is 0.00811. The number of phenolic OH excluding ortho intramolecular Hbond substituents is 2. The molecule has 0 amide bonds. The second-order valence-electron chi connectivity index (χ2n) is 19.2. The summed E-state index contributed by atoms with van der Waals surface area (Å²) in [5.74, 6) is 0.859. The summed E-state index contributed by atoms with van der Waals surface area (Å²) in [5, 5.41) is 22.3. The van der Waals surface area contributed by atoms with E-state index in [1.807, 2.05) is 13.8 Å². The zero-order chi connectivity index (χ0) is 41.3. The van der Waals surface area contributed by atoms with Gasteiger partial charge in [-0.2, -0.15) is 0 Å². The zero-order valence-corrected chi connectivity index (χ0v) is 39.5. The summed E-state index contributed by atoms with van der Waals surface area (Å²) in [7, 11) is 0. The van der Waals surface area contributed by atoms with Crippen molar-refractivity contribution in [1.82, 2.24) is 0 Å². The van der Waals surface area contributed by atoms with Crippen LogP contribution >= 0.6 is 0 Å². The van der Waals surface area contributed by atoms with Crippen LogP contribution in [-0.2, 0) is 46.9 Å². The predicted molar refractivity (Wildman–Crippen MR) is 221 cm³/mol. The monoisotopic (exact) mass is 892 g/mol. The quantitative estimate of drug-likeness (QED) is 0.210. The number of phenols is 2. The average Bonchev–Trinajstić information content (AvgIpc) is 2.99. The van der Waals surface area contributed by atoms with Crippen LogP contribution in [0.5, 0.6) is 11.5 Å². The van der Waals surface area contributed by atoms with Crippen LogP contribution in [0.25, 0.3) is 22.3 Å². The Hall–Kier alpha value is -3.23. The van der Waals surface area contributed by atoms with Crippen molar-refractivity contribution in [2.45, 2.75) is 160 Å². The summed E-state index contributed by atoms with van der Waals surface area (Å²) < 4.78 is 17.1. The molecule has 5 heteroatoms. The minimum atomic E-state index is -2.25. The topological polar surface area (TPSA) is 74.6 Å². The molecule has 4 rings (SSSR count). The molecule has 0 bridgehead atoms. The van der Waals surface area contributed by atoms with Crippen molar-refractivity contribution in [3.8, 4) is 33.8 Å². The molecular formula is C48H68O4W. The first-order valence-corrected chi connectivity index (χ1v) is 21.1. The Bertz CT molecular complexity index is 1870. The molecule has 0 aromatic heterocycles. The molecule has 0 unspecified atom stereocenters. The van der Waals surface area contributed by atoms with Crippen molar-refractivity contribution in [2.24, 2.45) is 0 Å². The van der Waals surface area contributed by atoms with Gasteiger partial charge in [0.25, 0.3) is 0 Å². The van der Waals surface area contributed by atoms with E-state index in [1.54, 1.807) is 0 Å². The molecule has 0 aliphatic heterocycles. The summed E-state index contributed by atoms with van der Waals surface area (Å²) in [4.78, 5) is 0. The normalized spacial score (nSPS) is 12.1. The van der Waals surface area contributed by atoms with Gasteiger partial charge in [-0.25, -0.2) is 0 Å². The van der Waals surface area contributed by atoms with Gasteiger partial charge in [0.2, 0.25) is 0 Å². The van der Waals surface area contributed by atoms with Crippen LogP contribution < -0.4 is 0 Å². The number of hydrogen-bond donors (Lipinski definition) is 2. The van der Waals surface area contributed by atoms with Crippen LogP contribution in [0, 0.1) is 55.4 Å². The molecule has 4 nitrogen and oxygen atoms in total. The molecule has 0 aliphatic carbocycles. The third-order valence-corrected chi connectivity index (χ3v) is 10.7. The molecule has 53 heavy (non-hydrogen) atoms. The Balaban J connectivity index is 0.000000341. The van der Waals surface area contributed by atoms with Gasteiger partial charge < -0.3 is 10.2 Å². The van der Waals surface area contributed by atoms with Gasteiger partial charge >= 0.3 is 25.3 Å². The number of benzene rings is 4. The fourth-order valence-corrected chi connectivity index (χ4v) is 6.81. The van der Waals surface area contributed by atoms with Crippen molar-refractivity contribution in [1.29, 1.82) is 0 Å². The van der Waals surface area contributed by atoms with E-state index in [2.05, 4.69) is 161 Å². The van der Waals surface area contributed by atoms with Crippen molar-refractivity contribution in [3.05, 3.63) is 103 Å². The maximum atomic E-state index is 11.1. The van der Waals surface area contributed by atoms with Crippen LogP contribution in [0.4, 0.5) is 0 Å². The van der Waals surface area contributed by atoms with Gasteiger partial charge in [0.1, 0.15) is 11.5 Å². The van der Waals surface area contributed by atoms with E-state index in [4.69, 9.17) is 6.80 Å². The fourth-order valence-electron chi connectivity index (χ4n) is 6.81. The van der Waals surface area contributed by atoms with Crippen molar-refractivity contribution < 1.29 is 35.5 Å². The van der Waals surface area contributed by atoms with Gasteiger partial charge in [-0.1, -0.05) is 119 Å². The van der Waals surface area contributed by atoms with Gasteiger partial charge in [-0.15, -0.1) is 0 Å². The molecule has 0 atom stereocenters. The Morgan fingerprint density at radius 2 is 0.585 bits per heavy atom. The molecule has 0 saturated heterocycles. The van der Waals surface area contributed by atoms with E-state index in [0.29, 0.717) is 11.5 Å².